The van der Waals surface area contributed by atoms with E-state index in [1.54, 1.807) is 7.11 Å². The molecule has 7 nitrogen and oxygen atoms in total. The van der Waals surface area contributed by atoms with Crippen molar-refractivity contribution in [1.82, 2.24) is 0 Å². The summed E-state index contributed by atoms with van der Waals surface area (Å²) in [7, 11) is -0.903. The maximum absolute atomic E-state index is 5.72. The average molecular weight is 412 g/mol. The molecule has 0 amide bonds. The van der Waals surface area contributed by atoms with Crippen molar-refractivity contribution in [2.24, 2.45) is 4.99 Å². The van der Waals surface area contributed by atoms with Crippen LogP contribution in [0.4, 0.5) is 0 Å². The first kappa shape index (κ1) is 31.2. The molecule has 0 aliphatic carbocycles. The second-order valence-corrected chi connectivity index (χ2v) is 7.10. The Hall–Kier alpha value is -0.614. The van der Waals surface area contributed by atoms with E-state index in [-0.39, 0.29) is 33.5 Å². The van der Waals surface area contributed by atoms with Gasteiger partial charge in [0.1, 0.15) is 0 Å². The van der Waals surface area contributed by atoms with Crippen molar-refractivity contribution in [3.8, 4) is 0 Å². The van der Waals surface area contributed by atoms with Gasteiger partial charge in [-0.05, 0) is 19.6 Å². The zero-order valence-corrected chi connectivity index (χ0v) is 16.6. The Labute approximate surface area is 156 Å². The molecule has 146 valence electrons. The molecule has 0 saturated carbocycles. The minimum atomic E-state index is -2.55. The molecule has 0 radical (unpaired) electrons. The molecular formula is C15H30CuNO6Si. The van der Waals surface area contributed by atoms with Crippen LogP contribution < -0.4 is 0 Å². The van der Waals surface area contributed by atoms with Gasteiger partial charge in [0.05, 0.1) is 0 Å². The Balaban J connectivity index is -0.000000500. The largest absolute Gasteiger partial charge is 1.00 e. The molecule has 0 saturated heterocycles. The van der Waals surface area contributed by atoms with Crippen LogP contribution in [0.15, 0.2) is 29.3 Å². The summed E-state index contributed by atoms with van der Waals surface area (Å²) < 4.78 is 17.0. The summed E-state index contributed by atoms with van der Waals surface area (Å²) in [5.74, 6) is 0. The van der Waals surface area contributed by atoms with Crippen molar-refractivity contribution in [2.45, 2.75) is 26.8 Å². The van der Waals surface area contributed by atoms with Gasteiger partial charge >= 0.3 is 25.9 Å². The minimum Gasteiger partial charge on any atom is -0.412 e. The number of hydrogen-bond donors (Lipinski definition) is 0. The molecule has 24 heavy (non-hydrogen) atoms. The summed E-state index contributed by atoms with van der Waals surface area (Å²) in [5.41, 5.74) is 1.99. The number of hydrogen-bond acceptors (Lipinski definition) is 4. The van der Waals surface area contributed by atoms with Crippen molar-refractivity contribution in [3.63, 3.8) is 0 Å². The number of nitrogens with zero attached hydrogens (tertiary/aromatic N) is 1. The van der Waals surface area contributed by atoms with Crippen LogP contribution in [0.2, 0.25) is 6.04 Å². The van der Waals surface area contributed by atoms with Gasteiger partial charge in [-0.15, -0.1) is 35.9 Å². The van der Waals surface area contributed by atoms with E-state index in [0.717, 1.165) is 11.3 Å². The summed E-state index contributed by atoms with van der Waals surface area (Å²) in [6.45, 7) is 7.71. The van der Waals surface area contributed by atoms with Gasteiger partial charge in [-0.3, -0.25) is 0 Å². The van der Waals surface area contributed by atoms with Crippen LogP contribution >= 0.6 is 0 Å². The van der Waals surface area contributed by atoms with Gasteiger partial charge < -0.3 is 34.7 Å². The predicted octanol–water partition coefficient (Wildman–Crippen LogP) is 0.477. The summed E-state index contributed by atoms with van der Waals surface area (Å²) in [6.07, 6.45) is 0. The molecule has 1 rings (SSSR count). The van der Waals surface area contributed by atoms with Crippen LogP contribution in [0, 0.1) is 6.07 Å². The predicted molar refractivity (Wildman–Crippen MR) is 94.0 cm³/mol. The van der Waals surface area contributed by atoms with Crippen molar-refractivity contribution >= 4 is 14.5 Å². The second kappa shape index (κ2) is 17.2. The zero-order chi connectivity index (χ0) is 14.8. The fraction of sp³-hybridized carbons (Fsp3) is 0.533. The smallest absolute Gasteiger partial charge is 0.412 e. The first-order chi connectivity index (χ1) is 9.67. The molecule has 0 aliphatic rings. The van der Waals surface area contributed by atoms with Gasteiger partial charge in [0, 0.05) is 32.9 Å². The van der Waals surface area contributed by atoms with Crippen LogP contribution in [0.3, 0.4) is 0 Å². The van der Waals surface area contributed by atoms with Crippen LogP contribution in [0.1, 0.15) is 26.3 Å². The normalized spacial score (nSPS) is 10.6. The van der Waals surface area contributed by atoms with Crippen LogP contribution in [-0.2, 0) is 30.3 Å². The molecule has 0 aromatic heterocycles. The van der Waals surface area contributed by atoms with E-state index in [9.17, 15) is 0 Å². The second-order valence-electron chi connectivity index (χ2n) is 4.25. The monoisotopic (exact) mass is 411 g/mol. The molecule has 0 atom stereocenters. The molecule has 6 N–H and O–H groups in total. The Morgan fingerprint density at radius 3 is 2.12 bits per heavy atom. The molecule has 0 spiro atoms. The standard InChI is InChI=1S/C15H24NO3Si.Cu.3H2O/c1-5-18-20(17-4,19-6-2)13-12-16-14(3)15-10-8-7-9-11-15;;;;/h7-10H,5-6,12-13H2,1-4H3;;3*1H2/q-1;+1;;;. The van der Waals surface area contributed by atoms with E-state index in [2.05, 4.69) is 11.1 Å². The minimum absolute atomic E-state index is 0. The third-order valence-electron chi connectivity index (χ3n) is 2.91. The molecule has 0 heterocycles. The van der Waals surface area contributed by atoms with E-state index < -0.39 is 8.80 Å². The molecule has 9 heteroatoms. The molecule has 0 unspecified atom stereocenters. The third kappa shape index (κ3) is 10.3. The molecular weight excluding hydrogens is 382 g/mol. The summed E-state index contributed by atoms with van der Waals surface area (Å²) in [5, 5.41) is 0. The van der Waals surface area contributed by atoms with Gasteiger partial charge in [-0.25, -0.2) is 0 Å². The van der Waals surface area contributed by atoms with Gasteiger partial charge in [0.15, 0.2) is 0 Å². The fourth-order valence-corrected chi connectivity index (χ4v) is 3.99. The van der Waals surface area contributed by atoms with E-state index in [1.807, 2.05) is 45.0 Å². The topological polar surface area (TPSA) is 135 Å². The molecule has 1 aromatic carbocycles. The van der Waals surface area contributed by atoms with Crippen LogP contribution in [0.25, 0.3) is 0 Å². The molecule has 0 aliphatic heterocycles. The van der Waals surface area contributed by atoms with Gasteiger partial charge in [-0.1, -0.05) is 6.92 Å². The number of rotatable bonds is 9. The van der Waals surface area contributed by atoms with E-state index in [4.69, 9.17) is 13.3 Å². The quantitative estimate of drug-likeness (QED) is 0.332. The Bertz CT molecular complexity index is 416. The third-order valence-corrected chi connectivity index (χ3v) is 5.82. The van der Waals surface area contributed by atoms with Gasteiger partial charge in [0.25, 0.3) is 0 Å². The van der Waals surface area contributed by atoms with E-state index >= 15 is 0 Å². The fourth-order valence-electron chi connectivity index (χ4n) is 1.91. The van der Waals surface area contributed by atoms with Crippen molar-refractivity contribution in [2.75, 3.05) is 26.9 Å². The van der Waals surface area contributed by atoms with Gasteiger partial charge in [-0.2, -0.15) is 0 Å². The molecule has 0 bridgehead atoms. The van der Waals surface area contributed by atoms with Gasteiger partial charge in [0.2, 0.25) is 0 Å². The summed E-state index contributed by atoms with van der Waals surface area (Å²) in [4.78, 5) is 4.57. The van der Waals surface area contributed by atoms with Crippen molar-refractivity contribution in [3.05, 3.63) is 35.9 Å². The van der Waals surface area contributed by atoms with E-state index in [0.29, 0.717) is 25.8 Å². The van der Waals surface area contributed by atoms with Crippen molar-refractivity contribution < 1.29 is 46.8 Å². The molecule has 0 fully saturated rings. The number of benzene rings is 1. The summed E-state index contributed by atoms with van der Waals surface area (Å²) >= 11 is 0. The maximum Gasteiger partial charge on any atom is 1.00 e. The Kier molecular flexibility index (Phi) is 22.4. The Morgan fingerprint density at radius 1 is 1.12 bits per heavy atom. The summed E-state index contributed by atoms with van der Waals surface area (Å²) in [6, 6.07) is 11.7. The van der Waals surface area contributed by atoms with E-state index in [1.165, 1.54) is 0 Å². The first-order valence-corrected chi connectivity index (χ1v) is 8.91. The molecule has 1 aromatic rings. The first-order valence-electron chi connectivity index (χ1n) is 6.98. The van der Waals surface area contributed by atoms with Crippen LogP contribution in [0.5, 0.6) is 0 Å². The van der Waals surface area contributed by atoms with Crippen LogP contribution in [-0.4, -0.2) is 57.8 Å². The SMILES string of the molecule is CCO[Si](CCN=C(C)c1[c-]cccc1)(OC)OCC.O.O.O.[Cu+]. The van der Waals surface area contributed by atoms with Crippen molar-refractivity contribution in [1.29, 1.82) is 0 Å². The maximum atomic E-state index is 5.72. The number of aliphatic imine (C=N–C) groups is 1. The zero-order valence-electron chi connectivity index (χ0n) is 14.6. The Morgan fingerprint density at radius 2 is 1.71 bits per heavy atom. The average Bonchev–Trinajstić information content (AvgIpc) is 2.48.